The molecular weight excluding hydrogens is 352 g/mol. The van der Waals surface area contributed by atoms with E-state index < -0.39 is 0 Å². The lowest BCUT2D eigenvalue weighted by atomic mass is 9.96. The van der Waals surface area contributed by atoms with Gasteiger partial charge in [0.25, 0.3) is 0 Å². The summed E-state index contributed by atoms with van der Waals surface area (Å²) in [4.78, 5) is 4.42. The molecule has 1 fully saturated rings. The Morgan fingerprint density at radius 2 is 2.04 bits per heavy atom. The summed E-state index contributed by atoms with van der Waals surface area (Å²) in [6.07, 6.45) is 6.13. The first-order chi connectivity index (χ1) is 13.7. The summed E-state index contributed by atoms with van der Waals surface area (Å²) >= 11 is 0. The molecule has 6 nitrogen and oxygen atoms in total. The maximum atomic E-state index is 6.05. The minimum Gasteiger partial charge on any atom is -0.496 e. The van der Waals surface area contributed by atoms with Gasteiger partial charge in [-0.15, -0.1) is 0 Å². The lowest BCUT2D eigenvalue weighted by Gasteiger charge is -2.23. The van der Waals surface area contributed by atoms with Gasteiger partial charge in [-0.05, 0) is 29.7 Å². The highest BCUT2D eigenvalue weighted by atomic mass is 16.5. The maximum absolute atomic E-state index is 6.05. The Morgan fingerprint density at radius 3 is 2.86 bits per heavy atom. The maximum Gasteiger partial charge on any atom is 0.189 e. The Labute approximate surface area is 164 Å². The van der Waals surface area contributed by atoms with Gasteiger partial charge in [-0.2, -0.15) is 0 Å². The second-order valence-electron chi connectivity index (χ2n) is 7.22. The average molecular weight is 378 g/mol. The third-order valence-electron chi connectivity index (χ3n) is 5.29. The van der Waals surface area contributed by atoms with Crippen LogP contribution in [0.2, 0.25) is 0 Å². The van der Waals surface area contributed by atoms with E-state index in [1.54, 1.807) is 7.11 Å². The van der Waals surface area contributed by atoms with Crippen molar-refractivity contribution in [3.8, 4) is 17.0 Å². The van der Waals surface area contributed by atoms with Crippen molar-refractivity contribution in [1.82, 2.24) is 10.5 Å². The number of methoxy groups -OCH3 is 1. The molecular formula is C22H26N4O2. The number of guanidine groups is 1. The lowest BCUT2D eigenvalue weighted by molar-refractivity contribution is 0.385. The zero-order chi connectivity index (χ0) is 19.3. The van der Waals surface area contributed by atoms with Crippen LogP contribution in [0.15, 0.2) is 52.0 Å². The molecule has 1 aliphatic carbocycles. The van der Waals surface area contributed by atoms with Crippen LogP contribution in [0.4, 0.5) is 0 Å². The molecule has 0 amide bonds. The monoisotopic (exact) mass is 378 g/mol. The van der Waals surface area contributed by atoms with Crippen molar-refractivity contribution in [2.45, 2.75) is 44.7 Å². The van der Waals surface area contributed by atoms with Gasteiger partial charge in [-0.3, -0.25) is 0 Å². The van der Waals surface area contributed by atoms with E-state index >= 15 is 0 Å². The Bertz CT molecular complexity index is 974. The predicted molar refractivity (Wildman–Crippen MR) is 111 cm³/mol. The summed E-state index contributed by atoms with van der Waals surface area (Å²) in [6.45, 7) is 0.353. The van der Waals surface area contributed by atoms with E-state index in [1.165, 1.54) is 19.3 Å². The molecule has 1 saturated carbocycles. The zero-order valence-corrected chi connectivity index (χ0v) is 16.1. The summed E-state index contributed by atoms with van der Waals surface area (Å²) in [6, 6.07) is 14.5. The Hall–Kier alpha value is -3.02. The third-order valence-corrected chi connectivity index (χ3v) is 5.29. The molecule has 2 aromatic carbocycles. The minimum absolute atomic E-state index is 0.353. The van der Waals surface area contributed by atoms with Crippen LogP contribution in [-0.4, -0.2) is 24.3 Å². The van der Waals surface area contributed by atoms with Crippen molar-refractivity contribution in [3.05, 3.63) is 48.2 Å². The summed E-state index contributed by atoms with van der Waals surface area (Å²) in [5.74, 6) is 1.89. The predicted octanol–water partition coefficient (Wildman–Crippen LogP) is 4.24. The third kappa shape index (κ3) is 3.96. The quantitative estimate of drug-likeness (QED) is 0.512. The number of aliphatic imine (C=N–C) groups is 1. The highest BCUT2D eigenvalue weighted by molar-refractivity contribution is 5.98. The normalized spacial score (nSPS) is 15.7. The molecule has 0 unspecified atom stereocenters. The molecule has 28 heavy (non-hydrogen) atoms. The first kappa shape index (κ1) is 18.3. The topological polar surface area (TPSA) is 85.7 Å². The average Bonchev–Trinajstić information content (AvgIpc) is 3.20. The minimum atomic E-state index is 0.353. The molecule has 146 valence electrons. The molecule has 3 aromatic rings. The number of fused-ring (bicyclic) bond motifs is 1. The fourth-order valence-electron chi connectivity index (χ4n) is 3.86. The first-order valence-electron chi connectivity index (χ1n) is 9.83. The number of nitrogens with one attached hydrogen (secondary N) is 1. The van der Waals surface area contributed by atoms with Crippen LogP contribution < -0.4 is 15.8 Å². The van der Waals surface area contributed by atoms with Gasteiger partial charge in [0.15, 0.2) is 11.7 Å². The summed E-state index contributed by atoms with van der Waals surface area (Å²) < 4.78 is 11.1. The molecule has 1 aromatic heterocycles. The van der Waals surface area contributed by atoms with Crippen molar-refractivity contribution in [1.29, 1.82) is 0 Å². The van der Waals surface area contributed by atoms with Gasteiger partial charge >= 0.3 is 0 Å². The van der Waals surface area contributed by atoms with Crippen LogP contribution in [0.3, 0.4) is 0 Å². The van der Waals surface area contributed by atoms with Gasteiger partial charge in [0.05, 0.1) is 12.7 Å². The van der Waals surface area contributed by atoms with Crippen molar-refractivity contribution in [3.63, 3.8) is 0 Å². The standard InChI is InChI=1S/C22H26N4O2/c1-27-20-12-11-15-7-5-6-10-18(15)21(20)19-13-17(28-26-19)14-24-22(23)25-16-8-3-2-4-9-16/h5-7,10-13,16H,2-4,8-9,14H2,1H3,(H3,23,24,25). The molecule has 4 rings (SSSR count). The lowest BCUT2D eigenvalue weighted by Crippen LogP contribution is -2.41. The number of hydrogen-bond acceptors (Lipinski definition) is 4. The van der Waals surface area contributed by atoms with Crippen molar-refractivity contribution < 1.29 is 9.26 Å². The van der Waals surface area contributed by atoms with Crippen LogP contribution in [0.5, 0.6) is 5.75 Å². The number of nitrogens with zero attached hydrogens (tertiary/aromatic N) is 2. The summed E-state index contributed by atoms with van der Waals surface area (Å²) in [5, 5.41) is 9.77. The first-order valence-corrected chi connectivity index (χ1v) is 9.83. The van der Waals surface area contributed by atoms with E-state index in [4.69, 9.17) is 15.0 Å². The van der Waals surface area contributed by atoms with E-state index in [-0.39, 0.29) is 0 Å². The molecule has 6 heteroatoms. The second-order valence-corrected chi connectivity index (χ2v) is 7.22. The molecule has 3 N–H and O–H groups in total. The fourth-order valence-corrected chi connectivity index (χ4v) is 3.86. The highest BCUT2D eigenvalue weighted by Crippen LogP contribution is 2.36. The smallest absolute Gasteiger partial charge is 0.189 e. The van der Waals surface area contributed by atoms with Crippen LogP contribution >= 0.6 is 0 Å². The van der Waals surface area contributed by atoms with Crippen molar-refractivity contribution in [2.75, 3.05) is 7.11 Å². The Balaban J connectivity index is 1.53. The summed E-state index contributed by atoms with van der Waals surface area (Å²) in [7, 11) is 1.66. The van der Waals surface area contributed by atoms with E-state index in [1.807, 2.05) is 30.3 Å². The molecule has 1 aliphatic rings. The van der Waals surface area contributed by atoms with Gasteiger partial charge in [0.1, 0.15) is 18.0 Å². The van der Waals surface area contributed by atoms with Gasteiger partial charge < -0.3 is 20.3 Å². The second kappa shape index (κ2) is 8.33. The van der Waals surface area contributed by atoms with Crippen LogP contribution in [0.1, 0.15) is 37.9 Å². The molecule has 0 spiro atoms. The van der Waals surface area contributed by atoms with E-state index in [2.05, 4.69) is 27.6 Å². The van der Waals surface area contributed by atoms with Gasteiger partial charge in [-0.25, -0.2) is 4.99 Å². The number of rotatable bonds is 5. The molecule has 1 heterocycles. The molecule has 0 radical (unpaired) electrons. The van der Waals surface area contributed by atoms with Gasteiger partial charge in [0.2, 0.25) is 0 Å². The molecule has 0 saturated heterocycles. The zero-order valence-electron chi connectivity index (χ0n) is 16.1. The number of benzene rings is 2. The van der Waals surface area contributed by atoms with E-state index in [0.29, 0.717) is 24.3 Å². The van der Waals surface area contributed by atoms with Crippen LogP contribution in [-0.2, 0) is 6.54 Å². The number of nitrogens with two attached hydrogens (primary N) is 1. The van der Waals surface area contributed by atoms with Crippen LogP contribution in [0, 0.1) is 0 Å². The number of ether oxygens (including phenoxy) is 1. The van der Waals surface area contributed by atoms with E-state index in [0.717, 1.165) is 40.6 Å². The van der Waals surface area contributed by atoms with Gasteiger partial charge in [-0.1, -0.05) is 54.8 Å². The Morgan fingerprint density at radius 1 is 1.21 bits per heavy atom. The molecule has 0 atom stereocenters. The van der Waals surface area contributed by atoms with Crippen LogP contribution in [0.25, 0.3) is 22.0 Å². The van der Waals surface area contributed by atoms with Crippen molar-refractivity contribution in [2.24, 2.45) is 10.7 Å². The molecule has 0 aliphatic heterocycles. The van der Waals surface area contributed by atoms with Gasteiger partial charge in [0, 0.05) is 12.1 Å². The SMILES string of the molecule is COc1ccc2ccccc2c1-c1cc(CN=C(N)NC2CCCCC2)on1. The fraction of sp³-hybridized carbons (Fsp3) is 0.364. The van der Waals surface area contributed by atoms with E-state index in [9.17, 15) is 0 Å². The molecule has 0 bridgehead atoms. The van der Waals surface area contributed by atoms with Crippen molar-refractivity contribution >= 4 is 16.7 Å². The Kier molecular flexibility index (Phi) is 5.46. The summed E-state index contributed by atoms with van der Waals surface area (Å²) in [5.41, 5.74) is 7.71. The number of aromatic nitrogens is 1. The number of hydrogen-bond donors (Lipinski definition) is 2. The largest absolute Gasteiger partial charge is 0.496 e. The highest BCUT2D eigenvalue weighted by Gasteiger charge is 2.16.